The van der Waals surface area contributed by atoms with Crippen molar-refractivity contribution in [3.8, 4) is 5.75 Å². The van der Waals surface area contributed by atoms with Gasteiger partial charge in [-0.25, -0.2) is 0 Å². The molecule has 144 valence electrons. The molecule has 27 heavy (non-hydrogen) atoms. The van der Waals surface area contributed by atoms with Crippen molar-refractivity contribution in [3.63, 3.8) is 0 Å². The zero-order chi connectivity index (χ0) is 19.4. The number of rotatable bonds is 7. The van der Waals surface area contributed by atoms with Gasteiger partial charge >= 0.3 is 0 Å². The predicted molar refractivity (Wildman–Crippen MR) is 109 cm³/mol. The average molecular weight is 387 g/mol. The van der Waals surface area contributed by atoms with E-state index in [-0.39, 0.29) is 5.91 Å². The molecule has 0 spiro atoms. The van der Waals surface area contributed by atoms with Crippen LogP contribution >= 0.6 is 11.3 Å². The number of hydrogen-bond acceptors (Lipinski definition) is 4. The van der Waals surface area contributed by atoms with Crippen LogP contribution in [-0.2, 0) is 24.1 Å². The van der Waals surface area contributed by atoms with E-state index in [1.165, 1.54) is 16.2 Å². The highest BCUT2D eigenvalue weighted by atomic mass is 32.1. The number of primary amides is 1. The number of thiophene rings is 1. The van der Waals surface area contributed by atoms with E-state index in [1.54, 1.807) is 7.11 Å². The van der Waals surface area contributed by atoms with Crippen molar-refractivity contribution < 1.29 is 14.3 Å². The minimum Gasteiger partial charge on any atom is -0.497 e. The summed E-state index contributed by atoms with van der Waals surface area (Å²) < 4.78 is 5.14. The van der Waals surface area contributed by atoms with Gasteiger partial charge in [0.15, 0.2) is 0 Å². The number of nitrogens with one attached hydrogen (secondary N) is 1. The van der Waals surface area contributed by atoms with Gasteiger partial charge in [0.1, 0.15) is 10.8 Å². The highest BCUT2D eigenvalue weighted by Gasteiger charge is 2.27. The molecule has 6 heteroatoms. The third-order valence-corrected chi connectivity index (χ3v) is 6.41. The number of carbonyl (C=O) groups excluding carboxylic acids is 2. The summed E-state index contributed by atoms with van der Waals surface area (Å²) in [5.74, 6) is 0.895. The fourth-order valence-electron chi connectivity index (χ4n) is 3.59. The molecule has 3 rings (SSSR count). The summed E-state index contributed by atoms with van der Waals surface area (Å²) in [6, 6.07) is 7.68. The number of carbonyl (C=O) groups is 2. The minimum atomic E-state index is -0.451. The third-order valence-electron chi connectivity index (χ3n) is 5.24. The Bertz CT molecular complexity index is 827. The standard InChI is InChI=1S/C21H26N2O3S/c1-3-13-6-10-16-17(12-13)27-21(19(16)20(22)25)23-18(24)11-7-14-4-8-15(26-2)9-5-14/h4-5,8-9,13H,3,6-7,10-12H2,1-2H3,(H2,22,25)(H,23,24). The van der Waals surface area contributed by atoms with Crippen molar-refractivity contribution in [2.75, 3.05) is 12.4 Å². The Morgan fingerprint density at radius 3 is 2.67 bits per heavy atom. The number of methoxy groups -OCH3 is 1. The van der Waals surface area contributed by atoms with Gasteiger partial charge in [0.05, 0.1) is 12.7 Å². The van der Waals surface area contributed by atoms with E-state index in [9.17, 15) is 9.59 Å². The number of amides is 2. The maximum Gasteiger partial charge on any atom is 0.251 e. The molecule has 0 saturated heterocycles. The van der Waals surface area contributed by atoms with E-state index < -0.39 is 5.91 Å². The Balaban J connectivity index is 1.68. The molecule has 1 aromatic heterocycles. The van der Waals surface area contributed by atoms with Crippen LogP contribution in [0.25, 0.3) is 0 Å². The number of anilines is 1. The Morgan fingerprint density at radius 2 is 2.04 bits per heavy atom. The van der Waals surface area contributed by atoms with Crippen LogP contribution in [0.5, 0.6) is 5.75 Å². The van der Waals surface area contributed by atoms with Gasteiger partial charge in [-0.05, 0) is 54.9 Å². The summed E-state index contributed by atoms with van der Waals surface area (Å²) in [6.45, 7) is 2.19. The van der Waals surface area contributed by atoms with Crippen LogP contribution in [0.4, 0.5) is 5.00 Å². The van der Waals surface area contributed by atoms with Crippen molar-refractivity contribution in [3.05, 3.63) is 45.8 Å². The Labute approximate surface area is 163 Å². The van der Waals surface area contributed by atoms with Crippen molar-refractivity contribution in [2.24, 2.45) is 11.7 Å². The molecule has 1 heterocycles. The second kappa shape index (κ2) is 8.57. The molecule has 0 bridgehead atoms. The SMILES string of the molecule is CCC1CCc2c(sc(NC(=O)CCc3ccc(OC)cc3)c2C(N)=O)C1. The lowest BCUT2D eigenvalue weighted by Gasteiger charge is -2.20. The maximum atomic E-state index is 12.4. The average Bonchev–Trinajstić information content (AvgIpc) is 3.03. The van der Waals surface area contributed by atoms with E-state index in [1.807, 2.05) is 24.3 Å². The number of fused-ring (bicyclic) bond motifs is 1. The number of ether oxygens (including phenoxy) is 1. The molecule has 2 amide bonds. The first kappa shape index (κ1) is 19.4. The first-order valence-electron chi connectivity index (χ1n) is 9.38. The van der Waals surface area contributed by atoms with Crippen LogP contribution in [0.1, 0.15) is 52.5 Å². The molecule has 1 aliphatic carbocycles. The molecule has 0 fully saturated rings. The highest BCUT2D eigenvalue weighted by molar-refractivity contribution is 7.17. The lowest BCUT2D eigenvalue weighted by atomic mass is 9.85. The second-order valence-corrected chi connectivity index (χ2v) is 8.09. The summed E-state index contributed by atoms with van der Waals surface area (Å²) in [4.78, 5) is 25.6. The monoisotopic (exact) mass is 386 g/mol. The molecule has 2 aromatic rings. The molecule has 1 aliphatic rings. The minimum absolute atomic E-state index is 0.0982. The van der Waals surface area contributed by atoms with Gasteiger partial charge in [0.25, 0.3) is 5.91 Å². The molecule has 1 atom stereocenters. The third kappa shape index (κ3) is 4.50. The number of hydrogen-bond donors (Lipinski definition) is 2. The van der Waals surface area contributed by atoms with Crippen molar-refractivity contribution in [1.82, 2.24) is 0 Å². The normalized spacial score (nSPS) is 15.9. The quantitative estimate of drug-likeness (QED) is 0.756. The topological polar surface area (TPSA) is 81.4 Å². The zero-order valence-electron chi connectivity index (χ0n) is 15.8. The van der Waals surface area contributed by atoms with Crippen LogP contribution in [-0.4, -0.2) is 18.9 Å². The summed E-state index contributed by atoms with van der Waals surface area (Å²) >= 11 is 1.52. The van der Waals surface area contributed by atoms with Gasteiger partial charge in [-0.2, -0.15) is 0 Å². The van der Waals surface area contributed by atoms with E-state index in [2.05, 4.69) is 12.2 Å². The Morgan fingerprint density at radius 1 is 1.30 bits per heavy atom. The van der Waals surface area contributed by atoms with Gasteiger partial charge < -0.3 is 15.8 Å². The number of nitrogens with two attached hydrogens (primary N) is 1. The largest absolute Gasteiger partial charge is 0.497 e. The van der Waals surface area contributed by atoms with E-state index in [0.717, 1.165) is 42.6 Å². The van der Waals surface area contributed by atoms with Crippen LogP contribution in [0.2, 0.25) is 0 Å². The smallest absolute Gasteiger partial charge is 0.251 e. The van der Waals surface area contributed by atoms with Crippen molar-refractivity contribution >= 4 is 28.2 Å². The Kier molecular flexibility index (Phi) is 6.16. The van der Waals surface area contributed by atoms with Crippen LogP contribution in [0.3, 0.4) is 0 Å². The Hall–Kier alpha value is -2.34. The molecule has 3 N–H and O–H groups in total. The molecule has 0 radical (unpaired) electrons. The van der Waals surface area contributed by atoms with Crippen LogP contribution < -0.4 is 15.8 Å². The van der Waals surface area contributed by atoms with E-state index in [0.29, 0.717) is 29.3 Å². The first-order chi connectivity index (χ1) is 13.0. The summed E-state index contributed by atoms with van der Waals surface area (Å²) in [7, 11) is 1.63. The molecular formula is C21H26N2O3S. The lowest BCUT2D eigenvalue weighted by Crippen LogP contribution is -2.19. The fourth-order valence-corrected chi connectivity index (χ4v) is 4.97. The summed E-state index contributed by atoms with van der Waals surface area (Å²) in [5, 5.41) is 3.54. The molecule has 0 aliphatic heterocycles. The van der Waals surface area contributed by atoms with Crippen molar-refractivity contribution in [1.29, 1.82) is 0 Å². The number of aryl methyl sites for hydroxylation is 1. The molecule has 0 saturated carbocycles. The second-order valence-electron chi connectivity index (χ2n) is 6.99. The lowest BCUT2D eigenvalue weighted by molar-refractivity contribution is -0.116. The highest BCUT2D eigenvalue weighted by Crippen LogP contribution is 2.40. The maximum absolute atomic E-state index is 12.4. The fraction of sp³-hybridized carbons (Fsp3) is 0.429. The van der Waals surface area contributed by atoms with Gasteiger partial charge in [0, 0.05) is 11.3 Å². The molecule has 1 aromatic carbocycles. The van der Waals surface area contributed by atoms with Gasteiger partial charge in [0.2, 0.25) is 5.91 Å². The molecule has 5 nitrogen and oxygen atoms in total. The molecular weight excluding hydrogens is 360 g/mol. The van der Waals surface area contributed by atoms with Crippen LogP contribution in [0.15, 0.2) is 24.3 Å². The zero-order valence-corrected chi connectivity index (χ0v) is 16.7. The summed E-state index contributed by atoms with van der Waals surface area (Å²) in [6.07, 6.45) is 5.02. The van der Waals surface area contributed by atoms with Crippen LogP contribution in [0, 0.1) is 5.92 Å². The first-order valence-corrected chi connectivity index (χ1v) is 10.2. The predicted octanol–water partition coefficient (Wildman–Crippen LogP) is 3.94. The summed E-state index contributed by atoms with van der Waals surface area (Å²) in [5.41, 5.74) is 8.25. The van der Waals surface area contributed by atoms with Gasteiger partial charge in [-0.15, -0.1) is 11.3 Å². The van der Waals surface area contributed by atoms with E-state index >= 15 is 0 Å². The van der Waals surface area contributed by atoms with Crippen molar-refractivity contribution in [2.45, 2.75) is 45.4 Å². The number of benzene rings is 1. The van der Waals surface area contributed by atoms with E-state index in [4.69, 9.17) is 10.5 Å². The van der Waals surface area contributed by atoms with Gasteiger partial charge in [-0.3, -0.25) is 9.59 Å². The molecule has 1 unspecified atom stereocenters. The van der Waals surface area contributed by atoms with Gasteiger partial charge in [-0.1, -0.05) is 25.5 Å².